The van der Waals surface area contributed by atoms with Crippen molar-refractivity contribution in [1.82, 2.24) is 24.2 Å². The quantitative estimate of drug-likeness (QED) is 0.277. The van der Waals surface area contributed by atoms with Crippen molar-refractivity contribution < 1.29 is 22.8 Å². The lowest BCUT2D eigenvalue weighted by Gasteiger charge is -2.31. The first kappa shape index (κ1) is 27.2. The molecule has 0 aliphatic carbocycles. The fraction of sp³-hybridized carbons (Fsp3) is 0.393. The summed E-state index contributed by atoms with van der Waals surface area (Å²) in [6.07, 6.45) is 0.780. The highest BCUT2D eigenvalue weighted by atomic mass is 19.1. The Morgan fingerprint density at radius 1 is 1.12 bits per heavy atom. The molecule has 40 heavy (non-hydrogen) atoms. The van der Waals surface area contributed by atoms with Gasteiger partial charge in [-0.3, -0.25) is 23.1 Å². The molecule has 5 rings (SSSR count). The lowest BCUT2D eigenvalue weighted by Crippen LogP contribution is -2.44. The number of benzene rings is 2. The number of amides is 1. The minimum absolute atomic E-state index is 0.00394. The van der Waals surface area contributed by atoms with Gasteiger partial charge in [0.05, 0.1) is 24.1 Å². The molecule has 1 atom stereocenters. The number of halogens is 2. The van der Waals surface area contributed by atoms with E-state index in [0.29, 0.717) is 54.3 Å². The number of alkyl halides is 2. The number of hydrogen-bond donors (Lipinski definition) is 0. The van der Waals surface area contributed by atoms with Crippen LogP contribution in [0.2, 0.25) is 0 Å². The zero-order valence-electron chi connectivity index (χ0n) is 22.0. The summed E-state index contributed by atoms with van der Waals surface area (Å²) in [5.74, 6) is 1.09. The van der Waals surface area contributed by atoms with Crippen LogP contribution in [0.3, 0.4) is 0 Å². The summed E-state index contributed by atoms with van der Waals surface area (Å²) in [7, 11) is 0. The van der Waals surface area contributed by atoms with E-state index in [1.807, 2.05) is 0 Å². The minimum atomic E-state index is -0.982. The van der Waals surface area contributed by atoms with Crippen LogP contribution in [0, 0.1) is 6.92 Å². The summed E-state index contributed by atoms with van der Waals surface area (Å²) < 4.78 is 39.7. The number of carbonyl (C=O) groups excluding carboxylic acids is 1. The lowest BCUT2D eigenvalue weighted by atomic mass is 10.0. The molecule has 0 bridgehead atoms. The number of nitrogens with zero attached hydrogens (tertiary/aromatic N) is 5. The van der Waals surface area contributed by atoms with Gasteiger partial charge in [-0.15, -0.1) is 0 Å². The average Bonchev–Trinajstić information content (AvgIpc) is 3.42. The van der Waals surface area contributed by atoms with Gasteiger partial charge in [-0.25, -0.2) is 9.18 Å². The zero-order chi connectivity index (χ0) is 28.2. The molecule has 0 saturated carbocycles. The topological polar surface area (TPSA) is 112 Å². The van der Waals surface area contributed by atoms with Gasteiger partial charge in [0, 0.05) is 31.1 Å². The SMILES string of the molecule is Cc1noc(-c2ccc(Cn3c(=O)c4cc(OC(CF)CCF)ccc4n(C4CCN(C=O)CC4)c3=O)cc2)n1. The van der Waals surface area contributed by atoms with Gasteiger partial charge >= 0.3 is 5.69 Å². The number of piperidine rings is 1. The Balaban J connectivity index is 1.56. The van der Waals surface area contributed by atoms with E-state index in [4.69, 9.17) is 9.26 Å². The van der Waals surface area contributed by atoms with Crippen LogP contribution < -0.4 is 16.0 Å². The summed E-state index contributed by atoms with van der Waals surface area (Å²) in [6, 6.07) is 11.5. The summed E-state index contributed by atoms with van der Waals surface area (Å²) in [4.78, 5) is 44.6. The molecule has 3 heterocycles. The summed E-state index contributed by atoms with van der Waals surface area (Å²) >= 11 is 0. The van der Waals surface area contributed by atoms with Crippen molar-refractivity contribution >= 4 is 17.3 Å². The molecule has 2 aromatic carbocycles. The van der Waals surface area contributed by atoms with Crippen molar-refractivity contribution in [3.8, 4) is 17.2 Å². The molecule has 210 valence electrons. The van der Waals surface area contributed by atoms with E-state index in [1.54, 1.807) is 52.8 Å². The zero-order valence-corrected chi connectivity index (χ0v) is 22.0. The van der Waals surface area contributed by atoms with Gasteiger partial charge in [-0.2, -0.15) is 4.98 Å². The van der Waals surface area contributed by atoms with E-state index in [-0.39, 0.29) is 30.1 Å². The largest absolute Gasteiger partial charge is 0.488 e. The van der Waals surface area contributed by atoms with Crippen molar-refractivity contribution in [3.05, 3.63) is 74.7 Å². The van der Waals surface area contributed by atoms with E-state index in [1.165, 1.54) is 6.07 Å². The number of hydrogen-bond acceptors (Lipinski definition) is 7. The second-order valence-corrected chi connectivity index (χ2v) is 9.81. The van der Waals surface area contributed by atoms with Gasteiger partial charge in [0.1, 0.15) is 18.5 Å². The third kappa shape index (κ3) is 5.51. The summed E-state index contributed by atoms with van der Waals surface area (Å²) in [5, 5.41) is 4.02. The Labute approximate surface area is 227 Å². The Morgan fingerprint density at radius 3 is 2.50 bits per heavy atom. The van der Waals surface area contributed by atoms with E-state index >= 15 is 0 Å². The smallest absolute Gasteiger partial charge is 0.332 e. The van der Waals surface area contributed by atoms with Crippen molar-refractivity contribution in [2.24, 2.45) is 0 Å². The molecular formula is C28H29F2N5O5. The molecular weight excluding hydrogens is 524 g/mol. The van der Waals surface area contributed by atoms with E-state index in [0.717, 1.165) is 11.0 Å². The van der Waals surface area contributed by atoms with Crippen LogP contribution in [-0.4, -0.2) is 63.1 Å². The maximum absolute atomic E-state index is 13.8. The molecule has 1 aliphatic rings. The maximum atomic E-state index is 13.8. The Kier molecular flexibility index (Phi) is 8.04. The first-order valence-electron chi connectivity index (χ1n) is 13.1. The van der Waals surface area contributed by atoms with Crippen LogP contribution >= 0.6 is 0 Å². The molecule has 0 spiro atoms. The van der Waals surface area contributed by atoms with Crippen LogP contribution in [-0.2, 0) is 11.3 Å². The third-order valence-electron chi connectivity index (χ3n) is 7.13. The molecule has 1 amide bonds. The molecule has 10 nitrogen and oxygen atoms in total. The molecule has 1 saturated heterocycles. The normalized spacial score (nSPS) is 14.9. The van der Waals surface area contributed by atoms with Gasteiger partial charge in [0.2, 0.25) is 6.41 Å². The number of ether oxygens (including phenoxy) is 1. The maximum Gasteiger partial charge on any atom is 0.332 e. The Bertz CT molecular complexity index is 1610. The van der Waals surface area contributed by atoms with Crippen LogP contribution in [0.1, 0.15) is 36.7 Å². The lowest BCUT2D eigenvalue weighted by molar-refractivity contribution is -0.119. The minimum Gasteiger partial charge on any atom is -0.488 e. The van der Waals surface area contributed by atoms with Crippen LogP contribution in [0.5, 0.6) is 5.75 Å². The highest BCUT2D eigenvalue weighted by Crippen LogP contribution is 2.26. The van der Waals surface area contributed by atoms with Crippen LogP contribution in [0.4, 0.5) is 8.78 Å². The van der Waals surface area contributed by atoms with Crippen molar-refractivity contribution in [2.75, 3.05) is 26.4 Å². The second-order valence-electron chi connectivity index (χ2n) is 9.81. The van der Waals surface area contributed by atoms with Crippen LogP contribution in [0.15, 0.2) is 56.6 Å². The Hall–Kier alpha value is -4.35. The Morgan fingerprint density at radius 2 is 1.88 bits per heavy atom. The number of likely N-dealkylation sites (tertiary alicyclic amines) is 1. The average molecular weight is 554 g/mol. The molecule has 1 fully saturated rings. The van der Waals surface area contributed by atoms with Gasteiger partial charge in [0.25, 0.3) is 11.4 Å². The van der Waals surface area contributed by atoms with Crippen molar-refractivity contribution in [2.45, 2.75) is 44.9 Å². The third-order valence-corrected chi connectivity index (χ3v) is 7.13. The van der Waals surface area contributed by atoms with E-state index < -0.39 is 30.7 Å². The van der Waals surface area contributed by atoms with Gasteiger partial charge in [-0.05, 0) is 55.7 Å². The number of aryl methyl sites for hydroxylation is 1. The van der Waals surface area contributed by atoms with Crippen molar-refractivity contribution in [3.63, 3.8) is 0 Å². The second kappa shape index (κ2) is 11.8. The standard InChI is InChI=1S/C28H29F2N5O5/c1-18-31-26(40-32-18)20-4-2-19(3-5-20)16-34-27(37)24-14-22(39-23(15-30)8-11-29)6-7-25(24)35(28(34)38)21-9-12-33(17-36)13-10-21/h2-7,14,17,21,23H,8-13,15-16H2,1H3. The van der Waals surface area contributed by atoms with Gasteiger partial charge in [0.15, 0.2) is 5.82 Å². The first-order chi connectivity index (χ1) is 19.4. The molecule has 12 heteroatoms. The van der Waals surface area contributed by atoms with Gasteiger partial charge in [-0.1, -0.05) is 17.3 Å². The van der Waals surface area contributed by atoms with Crippen LogP contribution in [0.25, 0.3) is 22.4 Å². The molecule has 2 aromatic heterocycles. The fourth-order valence-electron chi connectivity index (χ4n) is 5.01. The van der Waals surface area contributed by atoms with Gasteiger partial charge < -0.3 is 14.2 Å². The number of rotatable bonds is 10. The number of fused-ring (bicyclic) bond motifs is 1. The molecule has 0 N–H and O–H groups in total. The molecule has 1 aliphatic heterocycles. The van der Waals surface area contributed by atoms with Crippen molar-refractivity contribution in [1.29, 1.82) is 0 Å². The summed E-state index contributed by atoms with van der Waals surface area (Å²) in [5.41, 5.74) is 0.839. The summed E-state index contributed by atoms with van der Waals surface area (Å²) in [6.45, 7) is 1.08. The molecule has 0 radical (unpaired) electrons. The monoisotopic (exact) mass is 553 g/mol. The molecule has 1 unspecified atom stereocenters. The van der Waals surface area contributed by atoms with E-state index in [9.17, 15) is 23.2 Å². The molecule has 4 aromatic rings. The fourth-order valence-corrected chi connectivity index (χ4v) is 5.01. The predicted octanol–water partition coefficient (Wildman–Crippen LogP) is 3.44. The highest BCUT2D eigenvalue weighted by molar-refractivity contribution is 5.80. The predicted molar refractivity (Wildman–Crippen MR) is 143 cm³/mol. The van der Waals surface area contributed by atoms with E-state index in [2.05, 4.69) is 10.1 Å². The highest BCUT2D eigenvalue weighted by Gasteiger charge is 2.25. The number of aromatic nitrogens is 4. The first-order valence-corrected chi connectivity index (χ1v) is 13.1. The number of carbonyl (C=O) groups is 1.